The molecule has 0 bridgehead atoms. The summed E-state index contributed by atoms with van der Waals surface area (Å²) in [5.74, 6) is 0. The van der Waals surface area contributed by atoms with E-state index in [0.29, 0.717) is 0 Å². The Morgan fingerprint density at radius 2 is 0.802 bits per heavy atom. The van der Waals surface area contributed by atoms with Gasteiger partial charge in [-0.25, -0.2) is 0 Å². The molecule has 16 rings (SSSR count). The van der Waals surface area contributed by atoms with Crippen LogP contribution in [0.3, 0.4) is 0 Å². The van der Waals surface area contributed by atoms with Crippen LogP contribution in [0.4, 0.5) is 17.1 Å². The third-order valence-electron chi connectivity index (χ3n) is 17.4. The fourth-order valence-corrected chi connectivity index (χ4v) is 13.6. The summed E-state index contributed by atoms with van der Waals surface area (Å²) < 4.78 is 6.89. The molecule has 15 aromatic rings. The zero-order valence-corrected chi connectivity index (χ0v) is 45.0. The van der Waals surface area contributed by atoms with Crippen molar-refractivity contribution in [3.63, 3.8) is 0 Å². The van der Waals surface area contributed by atoms with Crippen LogP contribution in [0.2, 0.25) is 0 Å². The molecule has 1 aliphatic carbocycles. The first-order chi connectivity index (χ1) is 39.9. The van der Waals surface area contributed by atoms with E-state index in [1.54, 1.807) is 0 Å². The van der Waals surface area contributed by atoms with Gasteiger partial charge in [-0.2, -0.15) is 0 Å². The lowest BCUT2D eigenvalue weighted by molar-refractivity contribution is 0.660. The number of anilines is 3. The van der Waals surface area contributed by atoms with Gasteiger partial charge < -0.3 is 9.32 Å². The molecule has 0 N–H and O–H groups in total. The Morgan fingerprint density at radius 1 is 0.284 bits per heavy atom. The fourth-order valence-electron chi connectivity index (χ4n) is 13.6. The summed E-state index contributed by atoms with van der Waals surface area (Å²) in [6.07, 6.45) is 0. The van der Waals surface area contributed by atoms with E-state index in [1.807, 2.05) is 0 Å². The molecule has 380 valence electrons. The molecule has 1 aromatic heterocycles. The molecular weight excluding hydrogens is 979 g/mol. The molecule has 0 saturated carbocycles. The van der Waals surface area contributed by atoms with Crippen LogP contribution < -0.4 is 4.90 Å². The Labute approximate surface area is 471 Å². The summed E-state index contributed by atoms with van der Waals surface area (Å²) in [5.41, 5.74) is 21.7. The van der Waals surface area contributed by atoms with Crippen LogP contribution in [0.5, 0.6) is 0 Å². The van der Waals surface area contributed by atoms with Gasteiger partial charge in [0.15, 0.2) is 0 Å². The second-order valence-electron chi connectivity index (χ2n) is 22.3. The van der Waals surface area contributed by atoms with Crippen molar-refractivity contribution in [2.45, 2.75) is 19.3 Å². The summed E-state index contributed by atoms with van der Waals surface area (Å²) in [6, 6.07) is 105. The van der Waals surface area contributed by atoms with E-state index < -0.39 is 0 Å². The van der Waals surface area contributed by atoms with E-state index in [4.69, 9.17) is 4.42 Å². The molecule has 0 saturated heterocycles. The van der Waals surface area contributed by atoms with Crippen LogP contribution >= 0.6 is 0 Å². The first-order valence-electron chi connectivity index (χ1n) is 28.1. The summed E-state index contributed by atoms with van der Waals surface area (Å²) >= 11 is 0. The molecular formula is C79H53NO. The highest BCUT2D eigenvalue weighted by Crippen LogP contribution is 2.54. The van der Waals surface area contributed by atoms with Crippen LogP contribution in [0.25, 0.3) is 132 Å². The maximum atomic E-state index is 6.89. The monoisotopic (exact) mass is 1030 g/mol. The fraction of sp³-hybridized carbons (Fsp3) is 0.0380. The number of rotatable bonds is 8. The smallest absolute Gasteiger partial charge is 0.143 e. The average Bonchev–Trinajstić information content (AvgIpc) is 4.24. The molecule has 81 heavy (non-hydrogen) atoms. The highest BCUT2D eigenvalue weighted by Gasteiger charge is 2.36. The third kappa shape index (κ3) is 7.41. The molecule has 0 atom stereocenters. The van der Waals surface area contributed by atoms with E-state index in [0.717, 1.165) is 72.2 Å². The maximum Gasteiger partial charge on any atom is 0.143 e. The van der Waals surface area contributed by atoms with Crippen LogP contribution in [-0.4, -0.2) is 0 Å². The van der Waals surface area contributed by atoms with Crippen LogP contribution in [-0.2, 0) is 5.41 Å². The lowest BCUT2D eigenvalue weighted by Gasteiger charge is -2.31. The second-order valence-corrected chi connectivity index (χ2v) is 22.3. The zero-order chi connectivity index (χ0) is 53.8. The van der Waals surface area contributed by atoms with Crippen LogP contribution in [0, 0.1) is 0 Å². The summed E-state index contributed by atoms with van der Waals surface area (Å²) in [6.45, 7) is 4.76. The van der Waals surface area contributed by atoms with Crippen LogP contribution in [0.1, 0.15) is 25.0 Å². The number of hydrogen-bond donors (Lipinski definition) is 0. The van der Waals surface area contributed by atoms with Gasteiger partial charge in [0.1, 0.15) is 11.2 Å². The largest absolute Gasteiger partial charge is 0.455 e. The molecule has 0 unspecified atom stereocenters. The van der Waals surface area contributed by atoms with Gasteiger partial charge >= 0.3 is 0 Å². The summed E-state index contributed by atoms with van der Waals surface area (Å²) in [7, 11) is 0. The normalized spacial score (nSPS) is 12.7. The number of nitrogens with zero attached hydrogens (tertiary/aromatic N) is 1. The van der Waals surface area contributed by atoms with Gasteiger partial charge in [-0.1, -0.05) is 250 Å². The van der Waals surface area contributed by atoms with Crippen molar-refractivity contribution >= 4 is 82.1 Å². The van der Waals surface area contributed by atoms with E-state index in [9.17, 15) is 0 Å². The molecule has 1 heterocycles. The minimum Gasteiger partial charge on any atom is -0.455 e. The standard InChI is InChI=1S/C79H53NO/c1-79(2)71-35-19-18-31-64(71)65-42-41-57(48-72(65)79)80(58-46-55(50-21-6-3-7-22-50)45-56(47-58)51-23-8-4-9-24-51)73-44-43-67-62-29-13-12-27-60(62)61-28-14-16-32-66(61)77(67)75(73)54-39-37-53(38-40-54)59-34-20-36-74-76(59)70-49-69(52-25-10-5-11-26-52)63-30-15-17-33-68(63)78(70)81-74/h3-49H,1-2H3. The molecule has 0 fully saturated rings. The van der Waals surface area contributed by atoms with Crippen molar-refractivity contribution in [2.24, 2.45) is 0 Å². The van der Waals surface area contributed by atoms with Crippen molar-refractivity contribution < 1.29 is 4.42 Å². The van der Waals surface area contributed by atoms with E-state index in [2.05, 4.69) is 304 Å². The molecule has 2 heteroatoms. The van der Waals surface area contributed by atoms with Gasteiger partial charge in [0.05, 0.1) is 5.69 Å². The van der Waals surface area contributed by atoms with Crippen molar-refractivity contribution in [1.29, 1.82) is 0 Å². The van der Waals surface area contributed by atoms with E-state index >= 15 is 0 Å². The van der Waals surface area contributed by atoms with Crippen molar-refractivity contribution in [2.75, 3.05) is 4.90 Å². The Bertz CT molecular complexity index is 4900. The number of fused-ring (bicyclic) bond motifs is 14. The van der Waals surface area contributed by atoms with E-state index in [-0.39, 0.29) is 5.41 Å². The lowest BCUT2D eigenvalue weighted by Crippen LogP contribution is -2.17. The van der Waals surface area contributed by atoms with E-state index in [1.165, 1.54) is 87.8 Å². The van der Waals surface area contributed by atoms with Gasteiger partial charge in [-0.3, -0.25) is 0 Å². The Morgan fingerprint density at radius 3 is 1.48 bits per heavy atom. The quantitative estimate of drug-likeness (QED) is 0.141. The highest BCUT2D eigenvalue weighted by atomic mass is 16.3. The minimum atomic E-state index is -0.217. The molecule has 2 nitrogen and oxygen atoms in total. The minimum absolute atomic E-state index is 0.217. The predicted octanol–water partition coefficient (Wildman–Crippen LogP) is 22.3. The molecule has 0 amide bonds. The van der Waals surface area contributed by atoms with Gasteiger partial charge in [0.2, 0.25) is 0 Å². The molecule has 0 radical (unpaired) electrons. The Balaban J connectivity index is 0.976. The highest BCUT2D eigenvalue weighted by molar-refractivity contribution is 6.30. The van der Waals surface area contributed by atoms with Crippen molar-refractivity contribution in [3.05, 3.63) is 296 Å². The molecule has 0 spiro atoms. The first kappa shape index (κ1) is 46.8. The second kappa shape index (κ2) is 18.4. The Kier molecular flexibility index (Phi) is 10.6. The van der Waals surface area contributed by atoms with Gasteiger partial charge in [0.25, 0.3) is 0 Å². The number of benzene rings is 14. The Hall–Kier alpha value is -10.3. The molecule has 0 aliphatic heterocycles. The first-order valence-corrected chi connectivity index (χ1v) is 28.1. The molecule has 14 aromatic carbocycles. The lowest BCUT2D eigenvalue weighted by atomic mass is 9.82. The zero-order valence-electron chi connectivity index (χ0n) is 45.0. The predicted molar refractivity (Wildman–Crippen MR) is 343 cm³/mol. The van der Waals surface area contributed by atoms with Gasteiger partial charge in [-0.15, -0.1) is 0 Å². The topological polar surface area (TPSA) is 16.4 Å². The van der Waals surface area contributed by atoms with Crippen molar-refractivity contribution in [3.8, 4) is 66.8 Å². The number of hydrogen-bond acceptors (Lipinski definition) is 2. The SMILES string of the molecule is CC1(C)c2ccccc2-c2ccc(N(c3cc(-c4ccccc4)cc(-c4ccccc4)c3)c3ccc4c5ccccc5c5ccccc5c4c3-c3ccc(-c4cccc5oc6c7ccccc7c(-c7ccccc7)cc6c45)cc3)cc21. The van der Waals surface area contributed by atoms with Crippen LogP contribution in [0.15, 0.2) is 290 Å². The van der Waals surface area contributed by atoms with Gasteiger partial charge in [0, 0.05) is 43.9 Å². The summed E-state index contributed by atoms with van der Waals surface area (Å²) in [4.78, 5) is 2.55. The average molecular weight is 1030 g/mol. The maximum absolute atomic E-state index is 6.89. The van der Waals surface area contributed by atoms with Crippen molar-refractivity contribution in [1.82, 2.24) is 0 Å². The summed E-state index contributed by atoms with van der Waals surface area (Å²) in [5, 5.41) is 11.9. The van der Waals surface area contributed by atoms with Gasteiger partial charge in [-0.05, 0) is 153 Å². The molecule has 1 aliphatic rings. The number of furan rings is 1. The third-order valence-corrected chi connectivity index (χ3v) is 17.4.